The lowest BCUT2D eigenvalue weighted by Crippen LogP contribution is -2.40. The number of nitrogens with one attached hydrogen (secondary N) is 1. The average molecular weight is 459 g/mol. The predicted molar refractivity (Wildman–Crippen MR) is 121 cm³/mol. The Balaban J connectivity index is 1.26. The first-order chi connectivity index (χ1) is 16.0. The van der Waals surface area contributed by atoms with E-state index < -0.39 is 6.16 Å². The molecule has 0 bridgehead atoms. The van der Waals surface area contributed by atoms with Crippen molar-refractivity contribution in [2.24, 2.45) is 0 Å². The number of rotatable bonds is 7. The third-order valence-electron chi connectivity index (χ3n) is 5.22. The normalized spacial score (nSPS) is 17.6. The molecule has 2 aromatic rings. The van der Waals surface area contributed by atoms with E-state index in [4.69, 9.17) is 19.0 Å². The molecule has 4 heterocycles. The van der Waals surface area contributed by atoms with Crippen LogP contribution in [-0.2, 0) is 14.3 Å². The third kappa shape index (κ3) is 6.90. The minimum Gasteiger partial charge on any atom is -0.474 e. The van der Waals surface area contributed by atoms with Crippen LogP contribution in [0.2, 0.25) is 0 Å². The molecule has 0 spiro atoms. The van der Waals surface area contributed by atoms with Crippen molar-refractivity contribution in [3.8, 4) is 5.88 Å². The van der Waals surface area contributed by atoms with Crippen LogP contribution in [0, 0.1) is 0 Å². The lowest BCUT2D eigenvalue weighted by Gasteiger charge is -2.30. The fraction of sp³-hybridized carbons (Fsp3) is 0.545. The Bertz CT molecular complexity index is 898. The van der Waals surface area contributed by atoms with Gasteiger partial charge in [0.25, 0.3) is 0 Å². The molecule has 11 nitrogen and oxygen atoms in total. The molecule has 4 rings (SSSR count). The van der Waals surface area contributed by atoms with Gasteiger partial charge in [-0.2, -0.15) is 0 Å². The summed E-state index contributed by atoms with van der Waals surface area (Å²) < 4.78 is 16.4. The summed E-state index contributed by atoms with van der Waals surface area (Å²) >= 11 is 0. The van der Waals surface area contributed by atoms with E-state index in [1.807, 2.05) is 12.1 Å². The van der Waals surface area contributed by atoms with E-state index in [9.17, 15) is 4.79 Å². The zero-order chi connectivity index (χ0) is 23.0. The Morgan fingerprint density at radius 3 is 2.61 bits per heavy atom. The highest BCUT2D eigenvalue weighted by Gasteiger charge is 2.24. The Morgan fingerprint density at radius 2 is 1.91 bits per heavy atom. The average Bonchev–Trinajstić information content (AvgIpc) is 2.81. The molecule has 2 fully saturated rings. The molecule has 178 valence electrons. The van der Waals surface area contributed by atoms with E-state index in [1.165, 1.54) is 6.33 Å². The summed E-state index contributed by atoms with van der Waals surface area (Å²) in [6.07, 6.45) is 3.74. The molecule has 1 N–H and O–H groups in total. The maximum Gasteiger partial charge on any atom is 0.528 e. The van der Waals surface area contributed by atoms with Crippen molar-refractivity contribution < 1.29 is 23.8 Å². The number of nitrogens with zero attached hydrogens (tertiary/aromatic N) is 5. The second-order valence-electron chi connectivity index (χ2n) is 8.13. The maximum atomic E-state index is 11.6. The number of ether oxygens (including phenoxy) is 3. The second kappa shape index (κ2) is 11.1. The van der Waals surface area contributed by atoms with E-state index in [-0.39, 0.29) is 12.2 Å². The van der Waals surface area contributed by atoms with Gasteiger partial charge in [0, 0.05) is 45.1 Å². The van der Waals surface area contributed by atoms with E-state index in [0.29, 0.717) is 37.6 Å². The number of hydroxylamine groups is 2. The molecule has 0 aliphatic carbocycles. The highest BCUT2D eigenvalue weighted by Crippen LogP contribution is 2.22. The van der Waals surface area contributed by atoms with Crippen molar-refractivity contribution in [1.82, 2.24) is 20.0 Å². The molecule has 2 aliphatic rings. The molecular formula is C22H30N6O5. The van der Waals surface area contributed by atoms with Crippen molar-refractivity contribution in [3.63, 3.8) is 0 Å². The molecule has 2 aromatic heterocycles. The topological polar surface area (TPSA) is 111 Å². The summed E-state index contributed by atoms with van der Waals surface area (Å²) in [4.78, 5) is 32.1. The van der Waals surface area contributed by atoms with E-state index in [2.05, 4.69) is 25.2 Å². The molecule has 0 amide bonds. The molecule has 2 aliphatic heterocycles. The number of hydrogen-bond acceptors (Lipinski definition) is 11. The van der Waals surface area contributed by atoms with Gasteiger partial charge in [-0.3, -0.25) is 0 Å². The standard InChI is InChI=1S/C22H30N6O5/c1-16(2)31-22(29)33-28-7-5-18(6-8-28)32-21-13-19(24-15-25-21)26-17-3-4-20(23-14-17)27-9-11-30-12-10-27/h3-4,13-16,18H,5-12H2,1-2H3,(H,24,25,26). The lowest BCUT2D eigenvalue weighted by atomic mass is 10.1. The molecular weight excluding hydrogens is 428 g/mol. The van der Waals surface area contributed by atoms with Crippen molar-refractivity contribution in [1.29, 1.82) is 0 Å². The van der Waals surface area contributed by atoms with Gasteiger partial charge in [0.15, 0.2) is 0 Å². The Hall–Kier alpha value is -3.18. The van der Waals surface area contributed by atoms with Crippen molar-refractivity contribution in [2.75, 3.05) is 49.6 Å². The van der Waals surface area contributed by atoms with Gasteiger partial charge in [0.2, 0.25) is 5.88 Å². The van der Waals surface area contributed by atoms with E-state index in [0.717, 1.165) is 37.8 Å². The van der Waals surface area contributed by atoms with Crippen LogP contribution in [0.4, 0.5) is 22.1 Å². The lowest BCUT2D eigenvalue weighted by molar-refractivity contribution is -0.151. The Morgan fingerprint density at radius 1 is 1.12 bits per heavy atom. The van der Waals surface area contributed by atoms with Crippen LogP contribution in [0.15, 0.2) is 30.7 Å². The Labute approximate surface area is 193 Å². The molecule has 0 aromatic carbocycles. The zero-order valence-electron chi connectivity index (χ0n) is 19.0. The molecule has 2 saturated heterocycles. The molecule has 0 atom stereocenters. The largest absolute Gasteiger partial charge is 0.528 e. The number of morpholine rings is 1. The van der Waals surface area contributed by atoms with Gasteiger partial charge in [-0.05, 0) is 26.0 Å². The number of piperidine rings is 1. The molecule has 0 unspecified atom stereocenters. The first-order valence-corrected chi connectivity index (χ1v) is 11.2. The van der Waals surface area contributed by atoms with Gasteiger partial charge in [-0.25, -0.2) is 19.7 Å². The van der Waals surface area contributed by atoms with Crippen LogP contribution < -0.4 is 15.0 Å². The summed E-state index contributed by atoms with van der Waals surface area (Å²) in [5.41, 5.74) is 0.829. The maximum absolute atomic E-state index is 11.6. The van der Waals surface area contributed by atoms with Gasteiger partial charge in [0.1, 0.15) is 24.1 Å². The number of hydrogen-bond donors (Lipinski definition) is 1. The smallest absolute Gasteiger partial charge is 0.474 e. The second-order valence-corrected chi connectivity index (χ2v) is 8.13. The summed E-state index contributed by atoms with van der Waals surface area (Å²) in [6, 6.07) is 5.72. The van der Waals surface area contributed by atoms with Gasteiger partial charge in [0.05, 0.1) is 31.2 Å². The first-order valence-electron chi connectivity index (χ1n) is 11.2. The monoisotopic (exact) mass is 458 g/mol. The summed E-state index contributed by atoms with van der Waals surface area (Å²) in [7, 11) is 0. The Kier molecular flexibility index (Phi) is 7.74. The van der Waals surface area contributed by atoms with Gasteiger partial charge in [-0.15, -0.1) is 5.06 Å². The molecule has 33 heavy (non-hydrogen) atoms. The highest BCUT2D eigenvalue weighted by atomic mass is 16.8. The number of carbonyl (C=O) groups excluding carboxylic acids is 1. The minimum atomic E-state index is -0.677. The van der Waals surface area contributed by atoms with Gasteiger partial charge >= 0.3 is 6.16 Å². The first kappa shape index (κ1) is 23.0. The summed E-state index contributed by atoms with van der Waals surface area (Å²) in [5.74, 6) is 2.05. The van der Waals surface area contributed by atoms with Crippen LogP contribution in [0.25, 0.3) is 0 Å². The number of pyridine rings is 1. The quantitative estimate of drug-likeness (QED) is 0.618. The molecule has 0 radical (unpaired) electrons. The number of carbonyl (C=O) groups is 1. The van der Waals surface area contributed by atoms with E-state index >= 15 is 0 Å². The minimum absolute atomic E-state index is 0.0248. The van der Waals surface area contributed by atoms with Crippen molar-refractivity contribution in [2.45, 2.75) is 38.9 Å². The summed E-state index contributed by atoms with van der Waals surface area (Å²) in [6.45, 7) is 7.83. The summed E-state index contributed by atoms with van der Waals surface area (Å²) in [5, 5.41) is 4.84. The number of aromatic nitrogens is 3. The predicted octanol–water partition coefficient (Wildman–Crippen LogP) is 2.77. The van der Waals surface area contributed by atoms with Gasteiger partial charge in [-0.1, -0.05) is 0 Å². The van der Waals surface area contributed by atoms with Crippen molar-refractivity contribution >= 4 is 23.5 Å². The van der Waals surface area contributed by atoms with Gasteiger partial charge < -0.3 is 29.3 Å². The van der Waals surface area contributed by atoms with Crippen LogP contribution in [0.5, 0.6) is 5.88 Å². The third-order valence-corrected chi connectivity index (χ3v) is 5.22. The van der Waals surface area contributed by atoms with Crippen LogP contribution >= 0.6 is 0 Å². The van der Waals surface area contributed by atoms with Crippen LogP contribution in [0.3, 0.4) is 0 Å². The SMILES string of the molecule is CC(C)OC(=O)ON1CCC(Oc2cc(Nc3ccc(N4CCOCC4)nc3)ncn2)CC1. The van der Waals surface area contributed by atoms with Crippen molar-refractivity contribution in [3.05, 3.63) is 30.7 Å². The molecule has 0 saturated carbocycles. The highest BCUT2D eigenvalue weighted by molar-refractivity contribution is 5.59. The van der Waals surface area contributed by atoms with E-state index in [1.54, 1.807) is 31.2 Å². The fourth-order valence-electron chi connectivity index (χ4n) is 3.59. The van der Waals surface area contributed by atoms with Crippen LogP contribution in [-0.4, -0.2) is 77.8 Å². The van der Waals surface area contributed by atoms with Crippen LogP contribution in [0.1, 0.15) is 26.7 Å². The molecule has 11 heteroatoms. The fourth-order valence-corrected chi connectivity index (χ4v) is 3.59. The zero-order valence-corrected chi connectivity index (χ0v) is 19.0. The number of anilines is 3.